The molecule has 0 aliphatic carbocycles. The number of hydrogen-bond donors (Lipinski definition) is 2. The maximum Gasteiger partial charge on any atom is 0.288 e. The number of hydrogen-bond acceptors (Lipinski definition) is 5. The zero-order valence-corrected chi connectivity index (χ0v) is 20.5. The molecule has 3 aromatic rings. The van der Waals surface area contributed by atoms with Gasteiger partial charge in [0.05, 0.1) is 11.1 Å². The van der Waals surface area contributed by atoms with E-state index in [0.717, 1.165) is 34.5 Å². The molecule has 1 aromatic heterocycles. The average Bonchev–Trinajstić information content (AvgIpc) is 3.40. The van der Waals surface area contributed by atoms with Crippen LogP contribution in [-0.2, 0) is 19.4 Å². The van der Waals surface area contributed by atoms with Gasteiger partial charge in [0.15, 0.2) is 11.5 Å². The van der Waals surface area contributed by atoms with Gasteiger partial charge in [-0.25, -0.2) is 10.4 Å². The first kappa shape index (κ1) is 22.0. The summed E-state index contributed by atoms with van der Waals surface area (Å²) in [5.74, 6) is 2.33. The number of carbonyl (C=O) groups is 1. The zero-order valence-electron chi connectivity index (χ0n) is 18.9. The number of ether oxygens (including phenoxy) is 1. The fourth-order valence-corrected chi connectivity index (χ4v) is 5.28. The first-order valence-corrected chi connectivity index (χ1v) is 12.2. The number of benzene rings is 2. The van der Waals surface area contributed by atoms with Gasteiger partial charge in [-0.2, -0.15) is 0 Å². The third kappa shape index (κ3) is 4.37. The largest absolute Gasteiger partial charge is 0.492 e. The SMILES string of the molecule is CCN1N[C@H](Cc2ccccc2)CNc2nc(C)n(Cc3cc(Br)c4c(c3)CCO4)c2C1=O. The van der Waals surface area contributed by atoms with Gasteiger partial charge in [0.1, 0.15) is 11.6 Å². The second-order valence-electron chi connectivity index (χ2n) is 8.55. The van der Waals surface area contributed by atoms with Gasteiger partial charge in [-0.1, -0.05) is 36.4 Å². The van der Waals surface area contributed by atoms with Crippen molar-refractivity contribution in [1.82, 2.24) is 20.0 Å². The van der Waals surface area contributed by atoms with Crippen molar-refractivity contribution >= 4 is 27.7 Å². The minimum Gasteiger partial charge on any atom is -0.492 e. The van der Waals surface area contributed by atoms with Gasteiger partial charge in [-0.3, -0.25) is 9.80 Å². The summed E-state index contributed by atoms with van der Waals surface area (Å²) >= 11 is 3.64. The maximum absolute atomic E-state index is 13.6. The quantitative estimate of drug-likeness (QED) is 0.544. The van der Waals surface area contributed by atoms with E-state index in [2.05, 4.69) is 50.9 Å². The lowest BCUT2D eigenvalue weighted by Gasteiger charge is -2.31. The number of fused-ring (bicyclic) bond motifs is 2. The molecule has 0 saturated heterocycles. The van der Waals surface area contributed by atoms with Crippen molar-refractivity contribution in [2.45, 2.75) is 39.3 Å². The standard InChI is InChI=1S/C25H28BrN5O2/c1-3-31-25(32)22-24(27-14-20(29-31)12-17-7-5-4-6-8-17)28-16(2)30(22)15-18-11-19-9-10-33-23(19)21(26)13-18/h4-8,11,13,20,27,29H,3,9-10,12,14-15H2,1-2H3/t20-/m1/s1. The van der Waals surface area contributed by atoms with E-state index in [0.29, 0.717) is 37.8 Å². The van der Waals surface area contributed by atoms with E-state index in [4.69, 9.17) is 9.72 Å². The molecule has 1 atom stereocenters. The maximum atomic E-state index is 13.6. The van der Waals surface area contributed by atoms with Gasteiger partial charge in [-0.15, -0.1) is 0 Å². The number of nitrogens with one attached hydrogen (secondary N) is 2. The fourth-order valence-electron chi connectivity index (χ4n) is 4.62. The summed E-state index contributed by atoms with van der Waals surface area (Å²) in [5.41, 5.74) is 7.58. The number of amides is 1. The number of aromatic nitrogens is 2. The van der Waals surface area contributed by atoms with Crippen LogP contribution in [-0.4, -0.2) is 46.2 Å². The first-order chi connectivity index (χ1) is 16.0. The summed E-state index contributed by atoms with van der Waals surface area (Å²) in [5, 5.41) is 5.16. The second-order valence-corrected chi connectivity index (χ2v) is 9.41. The molecule has 7 nitrogen and oxygen atoms in total. The highest BCUT2D eigenvalue weighted by molar-refractivity contribution is 9.10. The summed E-state index contributed by atoms with van der Waals surface area (Å²) in [7, 11) is 0. The van der Waals surface area contributed by atoms with Crippen molar-refractivity contribution in [2.75, 3.05) is 25.0 Å². The molecule has 1 amide bonds. The Hall–Kier alpha value is -2.84. The Morgan fingerprint density at radius 3 is 2.82 bits per heavy atom. The molecular formula is C25H28BrN5O2. The predicted molar refractivity (Wildman–Crippen MR) is 132 cm³/mol. The minimum atomic E-state index is -0.0677. The van der Waals surface area contributed by atoms with E-state index in [1.54, 1.807) is 5.01 Å². The van der Waals surface area contributed by atoms with Gasteiger partial charge in [-0.05, 0) is 59.0 Å². The van der Waals surface area contributed by atoms with Gasteiger partial charge in [0, 0.05) is 32.1 Å². The van der Waals surface area contributed by atoms with Crippen molar-refractivity contribution < 1.29 is 9.53 Å². The van der Waals surface area contributed by atoms with E-state index in [-0.39, 0.29) is 11.9 Å². The predicted octanol–water partition coefficient (Wildman–Crippen LogP) is 3.94. The van der Waals surface area contributed by atoms with Crippen LogP contribution in [0.15, 0.2) is 46.9 Å². The number of nitrogens with zero attached hydrogens (tertiary/aromatic N) is 3. The number of aryl methyl sites for hydroxylation is 1. The van der Waals surface area contributed by atoms with Crippen molar-refractivity contribution in [3.8, 4) is 5.75 Å². The van der Waals surface area contributed by atoms with Crippen LogP contribution in [0.4, 0.5) is 5.82 Å². The number of imidazole rings is 1. The van der Waals surface area contributed by atoms with Crippen LogP contribution < -0.4 is 15.5 Å². The molecule has 172 valence electrons. The van der Waals surface area contributed by atoms with Crippen molar-refractivity contribution in [3.63, 3.8) is 0 Å². The summed E-state index contributed by atoms with van der Waals surface area (Å²) in [6.45, 7) is 6.46. The first-order valence-electron chi connectivity index (χ1n) is 11.4. The number of carbonyl (C=O) groups excluding carboxylic acids is 1. The van der Waals surface area contributed by atoms with Gasteiger partial charge in [0.25, 0.3) is 5.91 Å². The van der Waals surface area contributed by atoms with Crippen molar-refractivity contribution in [3.05, 3.63) is 75.1 Å². The summed E-state index contributed by atoms with van der Waals surface area (Å²) < 4.78 is 8.68. The van der Waals surface area contributed by atoms with E-state index in [1.807, 2.05) is 36.6 Å². The number of halogens is 1. The van der Waals surface area contributed by atoms with E-state index < -0.39 is 0 Å². The van der Waals surface area contributed by atoms with Gasteiger partial charge >= 0.3 is 0 Å². The molecule has 8 heteroatoms. The van der Waals surface area contributed by atoms with E-state index in [9.17, 15) is 4.79 Å². The van der Waals surface area contributed by atoms with Gasteiger partial charge < -0.3 is 14.6 Å². The molecular weight excluding hydrogens is 482 g/mol. The Bertz CT molecular complexity index is 1180. The van der Waals surface area contributed by atoms with Crippen molar-refractivity contribution in [1.29, 1.82) is 0 Å². The molecule has 3 heterocycles. The lowest BCUT2D eigenvalue weighted by Crippen LogP contribution is -2.53. The molecule has 0 unspecified atom stereocenters. The normalized spacial score (nSPS) is 17.6. The summed E-state index contributed by atoms with van der Waals surface area (Å²) in [6.07, 6.45) is 1.72. The zero-order chi connectivity index (χ0) is 22.9. The third-order valence-corrected chi connectivity index (χ3v) is 6.83. The fraction of sp³-hybridized carbons (Fsp3) is 0.360. The highest BCUT2D eigenvalue weighted by Gasteiger charge is 2.30. The third-order valence-electron chi connectivity index (χ3n) is 6.24. The molecule has 2 N–H and O–H groups in total. The molecule has 2 aliphatic heterocycles. The molecule has 0 bridgehead atoms. The Morgan fingerprint density at radius 2 is 2.03 bits per heavy atom. The lowest BCUT2D eigenvalue weighted by atomic mass is 10.1. The average molecular weight is 510 g/mol. The van der Waals surface area contributed by atoms with Crippen LogP contribution in [0, 0.1) is 6.92 Å². The molecule has 5 rings (SSSR count). The Labute approximate surface area is 202 Å². The Balaban J connectivity index is 1.45. The molecule has 33 heavy (non-hydrogen) atoms. The molecule has 0 spiro atoms. The van der Waals surface area contributed by atoms with Crippen LogP contribution >= 0.6 is 15.9 Å². The van der Waals surface area contributed by atoms with Crippen molar-refractivity contribution in [2.24, 2.45) is 0 Å². The summed E-state index contributed by atoms with van der Waals surface area (Å²) in [4.78, 5) is 18.4. The molecule has 2 aromatic carbocycles. The second kappa shape index (κ2) is 9.19. The molecule has 2 aliphatic rings. The van der Waals surface area contributed by atoms with Crippen LogP contribution in [0.5, 0.6) is 5.75 Å². The van der Waals surface area contributed by atoms with Crippen LogP contribution in [0.1, 0.15) is 39.9 Å². The Morgan fingerprint density at radius 1 is 1.21 bits per heavy atom. The van der Waals surface area contributed by atoms with Crippen LogP contribution in [0.2, 0.25) is 0 Å². The lowest BCUT2D eigenvalue weighted by molar-refractivity contribution is 0.0621. The smallest absolute Gasteiger partial charge is 0.288 e. The molecule has 0 radical (unpaired) electrons. The Kier molecular flexibility index (Phi) is 6.12. The molecule has 0 fully saturated rings. The van der Waals surface area contributed by atoms with Crippen LogP contribution in [0.25, 0.3) is 0 Å². The van der Waals surface area contributed by atoms with E-state index >= 15 is 0 Å². The van der Waals surface area contributed by atoms with Gasteiger partial charge in [0.2, 0.25) is 0 Å². The van der Waals surface area contributed by atoms with E-state index in [1.165, 1.54) is 11.1 Å². The highest BCUT2D eigenvalue weighted by atomic mass is 79.9. The topological polar surface area (TPSA) is 71.4 Å². The minimum absolute atomic E-state index is 0.0677. The number of rotatable bonds is 5. The summed E-state index contributed by atoms with van der Waals surface area (Å²) in [6, 6.07) is 14.6. The number of anilines is 1. The number of hydrazine groups is 1. The van der Waals surface area contributed by atoms with Crippen LogP contribution in [0.3, 0.4) is 0 Å². The molecule has 0 saturated carbocycles. The monoisotopic (exact) mass is 509 g/mol. The highest BCUT2D eigenvalue weighted by Crippen LogP contribution is 2.35.